The van der Waals surface area contributed by atoms with E-state index >= 15 is 0 Å². The molecule has 0 radical (unpaired) electrons. The molecule has 1 unspecified atom stereocenters. The van der Waals surface area contributed by atoms with Gasteiger partial charge in [-0.15, -0.1) is 0 Å². The fourth-order valence-electron chi connectivity index (χ4n) is 1.34. The van der Waals surface area contributed by atoms with Gasteiger partial charge in [-0.3, -0.25) is 4.79 Å². The fraction of sp³-hybridized carbons (Fsp3) is 0.273. The Labute approximate surface area is 97.1 Å². The molecule has 0 amide bonds. The number of hydrogen-bond acceptors (Lipinski definition) is 4. The lowest BCUT2D eigenvalue weighted by Gasteiger charge is -2.12. The van der Waals surface area contributed by atoms with Crippen molar-refractivity contribution < 1.29 is 29.6 Å². The number of ether oxygens (including phenoxy) is 1. The van der Waals surface area contributed by atoms with Crippen molar-refractivity contribution in [3.05, 3.63) is 23.3 Å². The molecular weight excluding hydrogens is 228 g/mol. The number of aliphatic carboxylic acids is 1. The molecule has 0 aromatic heterocycles. The van der Waals surface area contributed by atoms with Gasteiger partial charge in [0.1, 0.15) is 5.56 Å². The molecule has 1 rings (SSSR count). The Morgan fingerprint density at radius 3 is 2.29 bits per heavy atom. The summed E-state index contributed by atoms with van der Waals surface area (Å²) in [4.78, 5) is 21.7. The van der Waals surface area contributed by atoms with Crippen LogP contribution in [0.15, 0.2) is 12.1 Å². The van der Waals surface area contributed by atoms with Gasteiger partial charge in [0.05, 0.1) is 13.0 Å². The highest BCUT2D eigenvalue weighted by Crippen LogP contribution is 2.34. The molecular formula is C11H12O6. The van der Waals surface area contributed by atoms with Gasteiger partial charge >= 0.3 is 11.9 Å². The number of carboxylic acid groups (broad SMARTS) is 2. The van der Waals surface area contributed by atoms with Crippen molar-refractivity contribution in [1.29, 1.82) is 0 Å². The number of carbonyl (C=O) groups is 2. The van der Waals surface area contributed by atoms with Crippen LogP contribution in [-0.4, -0.2) is 34.4 Å². The van der Waals surface area contributed by atoms with E-state index in [-0.39, 0.29) is 16.9 Å². The number of methoxy groups -OCH3 is 1. The Morgan fingerprint density at radius 1 is 1.29 bits per heavy atom. The summed E-state index contributed by atoms with van der Waals surface area (Å²) >= 11 is 0. The number of phenols is 1. The lowest BCUT2D eigenvalue weighted by atomic mass is 9.98. The van der Waals surface area contributed by atoms with Crippen LogP contribution in [0.5, 0.6) is 11.5 Å². The largest absolute Gasteiger partial charge is 0.504 e. The van der Waals surface area contributed by atoms with Crippen molar-refractivity contribution in [2.45, 2.75) is 12.8 Å². The molecule has 1 atom stereocenters. The first-order chi connectivity index (χ1) is 7.88. The van der Waals surface area contributed by atoms with Gasteiger partial charge in [-0.25, -0.2) is 4.79 Å². The Balaban J connectivity index is 3.39. The molecule has 0 bridgehead atoms. The summed E-state index contributed by atoms with van der Waals surface area (Å²) in [6.07, 6.45) is 0. The summed E-state index contributed by atoms with van der Waals surface area (Å²) < 4.78 is 4.80. The van der Waals surface area contributed by atoms with Gasteiger partial charge in [-0.05, 0) is 24.6 Å². The first kappa shape index (κ1) is 12.8. The second-order valence-corrected chi connectivity index (χ2v) is 3.48. The quantitative estimate of drug-likeness (QED) is 0.732. The predicted molar refractivity (Wildman–Crippen MR) is 57.7 cm³/mol. The van der Waals surface area contributed by atoms with Crippen LogP contribution in [0, 0.1) is 0 Å². The summed E-state index contributed by atoms with van der Waals surface area (Å²) in [6, 6.07) is 2.43. The molecule has 1 aromatic rings. The SMILES string of the molecule is COc1cc(C(C)C(=O)O)cc(C(=O)O)c1O. The third kappa shape index (κ3) is 2.47. The maximum absolute atomic E-state index is 10.9. The molecule has 0 saturated heterocycles. The van der Waals surface area contributed by atoms with E-state index in [4.69, 9.17) is 14.9 Å². The minimum atomic E-state index is -1.35. The van der Waals surface area contributed by atoms with Crippen LogP contribution in [-0.2, 0) is 4.79 Å². The first-order valence-electron chi connectivity index (χ1n) is 4.75. The normalized spacial score (nSPS) is 11.9. The minimum Gasteiger partial charge on any atom is -0.504 e. The number of aromatic hydroxyl groups is 1. The van der Waals surface area contributed by atoms with Gasteiger partial charge < -0.3 is 20.1 Å². The van der Waals surface area contributed by atoms with Gasteiger partial charge in [-0.1, -0.05) is 0 Å². The molecule has 0 fully saturated rings. The highest BCUT2D eigenvalue weighted by molar-refractivity contribution is 5.92. The number of hydrogen-bond donors (Lipinski definition) is 3. The zero-order chi connectivity index (χ0) is 13.2. The Kier molecular flexibility index (Phi) is 3.57. The van der Waals surface area contributed by atoms with Gasteiger partial charge in [-0.2, -0.15) is 0 Å². The summed E-state index contributed by atoms with van der Waals surface area (Å²) in [5, 5.41) is 27.3. The first-order valence-corrected chi connectivity index (χ1v) is 4.75. The lowest BCUT2D eigenvalue weighted by Crippen LogP contribution is -2.09. The fourth-order valence-corrected chi connectivity index (χ4v) is 1.34. The van der Waals surface area contributed by atoms with E-state index in [1.807, 2.05) is 0 Å². The predicted octanol–water partition coefficient (Wildman–Crippen LogP) is 1.29. The van der Waals surface area contributed by atoms with Gasteiger partial charge in [0.2, 0.25) is 0 Å². The van der Waals surface area contributed by atoms with Crippen LogP contribution in [0.4, 0.5) is 0 Å². The second kappa shape index (κ2) is 4.73. The summed E-state index contributed by atoms with van der Waals surface area (Å²) in [7, 11) is 1.26. The molecule has 0 aliphatic heterocycles. The molecule has 0 spiro atoms. The molecule has 0 aliphatic carbocycles. The van der Waals surface area contributed by atoms with Crippen molar-refractivity contribution in [3.8, 4) is 11.5 Å². The number of rotatable bonds is 4. The smallest absolute Gasteiger partial charge is 0.339 e. The number of benzene rings is 1. The molecule has 0 aliphatic rings. The summed E-state index contributed by atoms with van der Waals surface area (Å²) in [5.41, 5.74) is -0.128. The third-order valence-electron chi connectivity index (χ3n) is 2.42. The second-order valence-electron chi connectivity index (χ2n) is 3.48. The van der Waals surface area contributed by atoms with E-state index in [0.717, 1.165) is 6.07 Å². The van der Waals surface area contributed by atoms with E-state index < -0.39 is 23.6 Å². The summed E-state index contributed by atoms with van der Waals surface area (Å²) in [5.74, 6) is -3.90. The van der Waals surface area contributed by atoms with Crippen LogP contribution in [0.25, 0.3) is 0 Å². The monoisotopic (exact) mass is 240 g/mol. The highest BCUT2D eigenvalue weighted by Gasteiger charge is 2.21. The maximum Gasteiger partial charge on any atom is 0.339 e. The van der Waals surface area contributed by atoms with E-state index in [9.17, 15) is 14.7 Å². The third-order valence-corrected chi connectivity index (χ3v) is 2.42. The van der Waals surface area contributed by atoms with Crippen LogP contribution in [0.3, 0.4) is 0 Å². The van der Waals surface area contributed by atoms with Crippen LogP contribution in [0.1, 0.15) is 28.8 Å². The summed E-state index contributed by atoms with van der Waals surface area (Å²) in [6.45, 7) is 1.42. The van der Waals surface area contributed by atoms with E-state index in [1.165, 1.54) is 20.1 Å². The zero-order valence-corrected chi connectivity index (χ0v) is 9.30. The van der Waals surface area contributed by atoms with E-state index in [1.54, 1.807) is 0 Å². The van der Waals surface area contributed by atoms with E-state index in [2.05, 4.69) is 0 Å². The Hall–Kier alpha value is -2.24. The number of aromatic carboxylic acids is 1. The molecule has 6 nitrogen and oxygen atoms in total. The van der Waals surface area contributed by atoms with Crippen molar-refractivity contribution in [3.63, 3.8) is 0 Å². The van der Waals surface area contributed by atoms with Crippen LogP contribution >= 0.6 is 0 Å². The number of carboxylic acids is 2. The average molecular weight is 240 g/mol. The van der Waals surface area contributed by atoms with Crippen molar-refractivity contribution in [2.75, 3.05) is 7.11 Å². The molecule has 3 N–H and O–H groups in total. The van der Waals surface area contributed by atoms with Gasteiger partial charge in [0, 0.05) is 0 Å². The molecule has 0 saturated carbocycles. The molecule has 92 valence electrons. The Morgan fingerprint density at radius 2 is 1.88 bits per heavy atom. The van der Waals surface area contributed by atoms with E-state index in [0.29, 0.717) is 0 Å². The topological polar surface area (TPSA) is 104 Å². The Bertz CT molecular complexity index is 465. The molecule has 6 heteroatoms. The van der Waals surface area contributed by atoms with Crippen LogP contribution in [0.2, 0.25) is 0 Å². The van der Waals surface area contributed by atoms with Crippen molar-refractivity contribution in [2.24, 2.45) is 0 Å². The van der Waals surface area contributed by atoms with Gasteiger partial charge in [0.25, 0.3) is 0 Å². The average Bonchev–Trinajstić information content (AvgIpc) is 2.27. The van der Waals surface area contributed by atoms with Crippen molar-refractivity contribution >= 4 is 11.9 Å². The highest BCUT2D eigenvalue weighted by atomic mass is 16.5. The molecule has 17 heavy (non-hydrogen) atoms. The molecule has 1 aromatic carbocycles. The standard InChI is InChI=1S/C11H12O6/c1-5(10(13)14)6-3-7(11(15)16)9(12)8(4-6)17-2/h3-5,12H,1-2H3,(H,13,14)(H,15,16). The van der Waals surface area contributed by atoms with Gasteiger partial charge in [0.15, 0.2) is 11.5 Å². The van der Waals surface area contributed by atoms with Crippen LogP contribution < -0.4 is 4.74 Å². The maximum atomic E-state index is 10.9. The lowest BCUT2D eigenvalue weighted by molar-refractivity contribution is -0.138. The molecule has 0 heterocycles. The van der Waals surface area contributed by atoms with Crippen molar-refractivity contribution in [1.82, 2.24) is 0 Å². The minimum absolute atomic E-state index is 0.0620. The zero-order valence-electron chi connectivity index (χ0n) is 9.30.